The zero-order valence-corrected chi connectivity index (χ0v) is 10.1. The van der Waals surface area contributed by atoms with Crippen molar-refractivity contribution in [3.8, 4) is 5.75 Å². The molecule has 0 saturated carbocycles. The lowest BCUT2D eigenvalue weighted by Gasteiger charge is -2.23. The fourth-order valence-corrected chi connectivity index (χ4v) is 2.48. The highest BCUT2D eigenvalue weighted by atomic mass is 16.3. The highest BCUT2D eigenvalue weighted by Crippen LogP contribution is 2.24. The summed E-state index contributed by atoms with van der Waals surface area (Å²) in [4.78, 5) is 6.85. The minimum Gasteiger partial charge on any atom is -0.506 e. The standard InChI is InChI=1S/C13H20N2O/c1-3-11-5-4-8-15(11)9-12-13(16)7-6-10(2)14-12/h6-7,11,16H,3-5,8-9H2,1-2H3. The molecule has 1 aliphatic rings. The molecule has 1 aromatic heterocycles. The number of rotatable bonds is 3. The predicted molar refractivity (Wildman–Crippen MR) is 64.4 cm³/mol. The molecule has 88 valence electrons. The normalized spacial score (nSPS) is 21.5. The Morgan fingerprint density at radius 3 is 3.06 bits per heavy atom. The van der Waals surface area contributed by atoms with Gasteiger partial charge in [0.05, 0.1) is 5.69 Å². The van der Waals surface area contributed by atoms with Gasteiger partial charge < -0.3 is 5.11 Å². The molecule has 1 N–H and O–H groups in total. The van der Waals surface area contributed by atoms with E-state index in [0.717, 1.165) is 24.5 Å². The number of pyridine rings is 1. The van der Waals surface area contributed by atoms with Crippen LogP contribution in [-0.4, -0.2) is 27.6 Å². The van der Waals surface area contributed by atoms with E-state index in [2.05, 4.69) is 16.8 Å². The summed E-state index contributed by atoms with van der Waals surface area (Å²) in [5.74, 6) is 0.326. The van der Waals surface area contributed by atoms with Crippen LogP contribution in [0, 0.1) is 6.92 Å². The number of nitrogens with zero attached hydrogens (tertiary/aromatic N) is 2. The van der Waals surface area contributed by atoms with Gasteiger partial charge in [-0.3, -0.25) is 9.88 Å². The minimum atomic E-state index is 0.326. The number of likely N-dealkylation sites (tertiary alicyclic amines) is 1. The van der Waals surface area contributed by atoms with Gasteiger partial charge >= 0.3 is 0 Å². The van der Waals surface area contributed by atoms with E-state index in [-0.39, 0.29) is 0 Å². The second kappa shape index (κ2) is 4.83. The molecular weight excluding hydrogens is 200 g/mol. The van der Waals surface area contributed by atoms with E-state index in [4.69, 9.17) is 0 Å². The van der Waals surface area contributed by atoms with E-state index in [9.17, 15) is 5.11 Å². The van der Waals surface area contributed by atoms with Crippen LogP contribution in [0.15, 0.2) is 12.1 Å². The Hall–Kier alpha value is -1.09. The van der Waals surface area contributed by atoms with Crippen LogP contribution < -0.4 is 0 Å². The minimum absolute atomic E-state index is 0.326. The number of aromatic hydroxyl groups is 1. The summed E-state index contributed by atoms with van der Waals surface area (Å²) in [6.45, 7) is 6.11. The van der Waals surface area contributed by atoms with Crippen LogP contribution in [0.25, 0.3) is 0 Å². The van der Waals surface area contributed by atoms with Crippen molar-refractivity contribution in [1.29, 1.82) is 0 Å². The Morgan fingerprint density at radius 2 is 2.31 bits per heavy atom. The van der Waals surface area contributed by atoms with Gasteiger partial charge in [-0.1, -0.05) is 6.92 Å². The first-order chi connectivity index (χ1) is 7.70. The average Bonchev–Trinajstić information content (AvgIpc) is 2.71. The summed E-state index contributed by atoms with van der Waals surface area (Å²) in [7, 11) is 0. The average molecular weight is 220 g/mol. The fraction of sp³-hybridized carbons (Fsp3) is 0.615. The molecule has 2 heterocycles. The molecule has 0 aliphatic carbocycles. The number of hydrogen-bond donors (Lipinski definition) is 1. The summed E-state index contributed by atoms with van der Waals surface area (Å²) >= 11 is 0. The Labute approximate surface area is 97.1 Å². The lowest BCUT2D eigenvalue weighted by atomic mass is 10.1. The smallest absolute Gasteiger partial charge is 0.138 e. The second-order valence-electron chi connectivity index (χ2n) is 4.59. The van der Waals surface area contributed by atoms with Crippen molar-refractivity contribution in [1.82, 2.24) is 9.88 Å². The van der Waals surface area contributed by atoms with Gasteiger partial charge in [-0.05, 0) is 44.9 Å². The quantitative estimate of drug-likeness (QED) is 0.850. The first kappa shape index (κ1) is 11.4. The largest absolute Gasteiger partial charge is 0.506 e. The maximum atomic E-state index is 9.77. The van der Waals surface area contributed by atoms with Crippen molar-refractivity contribution >= 4 is 0 Å². The Morgan fingerprint density at radius 1 is 1.50 bits per heavy atom. The summed E-state index contributed by atoms with van der Waals surface area (Å²) in [6, 6.07) is 4.26. The highest BCUT2D eigenvalue weighted by molar-refractivity contribution is 5.27. The first-order valence-electron chi connectivity index (χ1n) is 6.10. The van der Waals surface area contributed by atoms with Crippen molar-refractivity contribution in [2.45, 2.75) is 45.7 Å². The summed E-state index contributed by atoms with van der Waals surface area (Å²) in [5, 5.41) is 9.77. The van der Waals surface area contributed by atoms with Gasteiger partial charge in [0.2, 0.25) is 0 Å². The van der Waals surface area contributed by atoms with Gasteiger partial charge in [-0.25, -0.2) is 0 Å². The number of aromatic nitrogens is 1. The third kappa shape index (κ3) is 2.35. The molecule has 0 radical (unpaired) electrons. The molecule has 0 amide bonds. The van der Waals surface area contributed by atoms with Crippen LogP contribution in [-0.2, 0) is 6.54 Å². The molecule has 16 heavy (non-hydrogen) atoms. The molecule has 1 saturated heterocycles. The van der Waals surface area contributed by atoms with Crippen LogP contribution in [0.1, 0.15) is 37.6 Å². The molecule has 2 rings (SSSR count). The zero-order chi connectivity index (χ0) is 11.5. The lowest BCUT2D eigenvalue weighted by molar-refractivity contribution is 0.234. The van der Waals surface area contributed by atoms with Crippen molar-refractivity contribution in [2.24, 2.45) is 0 Å². The van der Waals surface area contributed by atoms with Gasteiger partial charge in [0, 0.05) is 18.3 Å². The number of hydrogen-bond acceptors (Lipinski definition) is 3. The Balaban J connectivity index is 2.11. The van der Waals surface area contributed by atoms with Crippen LogP contribution >= 0.6 is 0 Å². The van der Waals surface area contributed by atoms with Crippen molar-refractivity contribution in [2.75, 3.05) is 6.54 Å². The van der Waals surface area contributed by atoms with Gasteiger partial charge in [0.1, 0.15) is 5.75 Å². The predicted octanol–water partition coefficient (Wildman–Crippen LogP) is 2.47. The van der Waals surface area contributed by atoms with Gasteiger partial charge in [-0.15, -0.1) is 0 Å². The summed E-state index contributed by atoms with van der Waals surface area (Å²) < 4.78 is 0. The molecule has 1 atom stereocenters. The van der Waals surface area contributed by atoms with E-state index in [0.29, 0.717) is 11.8 Å². The van der Waals surface area contributed by atoms with E-state index in [1.807, 2.05) is 13.0 Å². The first-order valence-corrected chi connectivity index (χ1v) is 6.10. The van der Waals surface area contributed by atoms with Crippen molar-refractivity contribution in [3.63, 3.8) is 0 Å². The maximum absolute atomic E-state index is 9.77. The second-order valence-corrected chi connectivity index (χ2v) is 4.59. The van der Waals surface area contributed by atoms with Crippen molar-refractivity contribution in [3.05, 3.63) is 23.5 Å². The summed E-state index contributed by atoms with van der Waals surface area (Å²) in [5.41, 5.74) is 1.79. The summed E-state index contributed by atoms with van der Waals surface area (Å²) in [6.07, 6.45) is 3.74. The SMILES string of the molecule is CCC1CCCN1Cc1nc(C)ccc1O. The molecule has 3 nitrogen and oxygen atoms in total. The van der Waals surface area contributed by atoms with Crippen LogP contribution in [0.2, 0.25) is 0 Å². The van der Waals surface area contributed by atoms with E-state index >= 15 is 0 Å². The van der Waals surface area contributed by atoms with Crippen LogP contribution in [0.4, 0.5) is 0 Å². The molecule has 0 bridgehead atoms. The zero-order valence-electron chi connectivity index (χ0n) is 10.1. The fourth-order valence-electron chi connectivity index (χ4n) is 2.48. The van der Waals surface area contributed by atoms with E-state index in [1.54, 1.807) is 6.07 Å². The van der Waals surface area contributed by atoms with Gasteiger partial charge in [0.15, 0.2) is 0 Å². The molecule has 3 heteroatoms. The van der Waals surface area contributed by atoms with Gasteiger partial charge in [-0.2, -0.15) is 0 Å². The lowest BCUT2D eigenvalue weighted by Crippen LogP contribution is -2.28. The monoisotopic (exact) mass is 220 g/mol. The van der Waals surface area contributed by atoms with Crippen LogP contribution in [0.3, 0.4) is 0 Å². The molecule has 1 aromatic rings. The molecule has 0 spiro atoms. The third-order valence-electron chi connectivity index (χ3n) is 3.41. The molecule has 0 aromatic carbocycles. The number of aryl methyl sites for hydroxylation is 1. The van der Waals surface area contributed by atoms with Gasteiger partial charge in [0.25, 0.3) is 0 Å². The van der Waals surface area contributed by atoms with E-state index < -0.39 is 0 Å². The Kier molecular flexibility index (Phi) is 3.44. The van der Waals surface area contributed by atoms with Crippen molar-refractivity contribution < 1.29 is 5.11 Å². The Bertz CT molecular complexity index is 365. The molecule has 1 unspecified atom stereocenters. The topological polar surface area (TPSA) is 36.4 Å². The molecular formula is C13H20N2O. The van der Waals surface area contributed by atoms with E-state index in [1.165, 1.54) is 19.3 Å². The third-order valence-corrected chi connectivity index (χ3v) is 3.41. The van der Waals surface area contributed by atoms with Crippen LogP contribution in [0.5, 0.6) is 5.75 Å². The maximum Gasteiger partial charge on any atom is 0.138 e. The molecule has 1 aliphatic heterocycles. The highest BCUT2D eigenvalue weighted by Gasteiger charge is 2.23. The molecule has 1 fully saturated rings.